The maximum Gasteiger partial charge on any atom is 0.433 e. The fraction of sp³-hybridized carbons (Fsp3) is 0.368. The van der Waals surface area contributed by atoms with Crippen LogP contribution in [0.15, 0.2) is 42.5 Å². The van der Waals surface area contributed by atoms with Gasteiger partial charge in [0.15, 0.2) is 5.78 Å². The number of aromatic nitrogens is 1. The largest absolute Gasteiger partial charge is 0.433 e. The maximum atomic E-state index is 12.8. The van der Waals surface area contributed by atoms with Gasteiger partial charge < -0.3 is 4.90 Å². The molecule has 0 aliphatic carbocycles. The van der Waals surface area contributed by atoms with Crippen molar-refractivity contribution in [2.24, 2.45) is 0 Å². The highest BCUT2D eigenvalue weighted by atomic mass is 19.4. The van der Waals surface area contributed by atoms with Crippen LogP contribution >= 0.6 is 0 Å². The first-order chi connectivity index (χ1) is 12.3. The summed E-state index contributed by atoms with van der Waals surface area (Å²) in [4.78, 5) is 19.3. The number of anilines is 1. The third-order valence-corrected chi connectivity index (χ3v) is 4.46. The summed E-state index contributed by atoms with van der Waals surface area (Å²) in [5.41, 5.74) is 0.885. The normalized spacial score (nSPS) is 15.9. The van der Waals surface area contributed by atoms with E-state index in [-0.39, 0.29) is 5.78 Å². The molecule has 4 nitrogen and oxygen atoms in total. The number of halogens is 3. The smallest absolute Gasteiger partial charge is 0.354 e. The summed E-state index contributed by atoms with van der Waals surface area (Å²) in [5.74, 6) is 0.394. The number of Topliss-reactive ketones (excluding diaryl/α,β-unsaturated/α-hetero) is 1. The van der Waals surface area contributed by atoms with Gasteiger partial charge in [0.25, 0.3) is 0 Å². The van der Waals surface area contributed by atoms with Gasteiger partial charge in [0.2, 0.25) is 0 Å². The highest BCUT2D eigenvalue weighted by molar-refractivity contribution is 5.94. The quantitative estimate of drug-likeness (QED) is 0.778. The molecule has 3 rings (SSSR count). The monoisotopic (exact) mass is 363 g/mol. The van der Waals surface area contributed by atoms with Crippen molar-refractivity contribution in [3.05, 3.63) is 59.3 Å². The molecule has 1 aliphatic heterocycles. The number of rotatable bonds is 4. The molecule has 0 spiro atoms. The number of alkyl halides is 3. The molecule has 138 valence electrons. The van der Waals surface area contributed by atoms with Gasteiger partial charge in [0.1, 0.15) is 11.5 Å². The Morgan fingerprint density at radius 2 is 1.77 bits per heavy atom. The van der Waals surface area contributed by atoms with Gasteiger partial charge in [0.05, 0.1) is 0 Å². The van der Waals surface area contributed by atoms with Crippen molar-refractivity contribution in [3.63, 3.8) is 0 Å². The Bertz CT molecular complexity index is 784. The van der Waals surface area contributed by atoms with Crippen LogP contribution in [0.2, 0.25) is 0 Å². The fourth-order valence-corrected chi connectivity index (χ4v) is 3.04. The summed E-state index contributed by atoms with van der Waals surface area (Å²) in [6.45, 7) is 4.93. The van der Waals surface area contributed by atoms with E-state index in [9.17, 15) is 18.0 Å². The highest BCUT2D eigenvalue weighted by Crippen LogP contribution is 2.29. The standard InChI is InChI=1S/C19H20F3N3O/c1-14(26)16-5-2-4-15(12-16)13-24-8-10-25(11-9-24)18-7-3-6-17(23-18)19(20,21)22/h2-7,12H,8-11,13H2,1H3. The Morgan fingerprint density at radius 1 is 1.08 bits per heavy atom. The Labute approximate surface area is 150 Å². The Kier molecular flexibility index (Phi) is 5.27. The van der Waals surface area contributed by atoms with Crippen molar-refractivity contribution in [2.45, 2.75) is 19.6 Å². The van der Waals surface area contributed by atoms with Crippen LogP contribution in [0.4, 0.5) is 19.0 Å². The summed E-state index contributed by atoms with van der Waals surface area (Å²) in [7, 11) is 0. The summed E-state index contributed by atoms with van der Waals surface area (Å²) in [6.07, 6.45) is -4.43. The van der Waals surface area contributed by atoms with E-state index >= 15 is 0 Å². The maximum absolute atomic E-state index is 12.8. The van der Waals surface area contributed by atoms with Crippen molar-refractivity contribution < 1.29 is 18.0 Å². The molecule has 1 aromatic carbocycles. The topological polar surface area (TPSA) is 36.4 Å². The molecule has 2 heterocycles. The van der Waals surface area contributed by atoms with Crippen molar-refractivity contribution in [1.82, 2.24) is 9.88 Å². The van der Waals surface area contributed by atoms with Crippen LogP contribution in [0.1, 0.15) is 28.5 Å². The molecular formula is C19H20F3N3O. The Morgan fingerprint density at radius 3 is 2.42 bits per heavy atom. The lowest BCUT2D eigenvalue weighted by Crippen LogP contribution is -2.46. The molecule has 0 atom stereocenters. The summed E-state index contributed by atoms with van der Waals surface area (Å²) in [6, 6.07) is 11.5. The number of piperazine rings is 1. The number of hydrogen-bond donors (Lipinski definition) is 0. The molecule has 1 aromatic heterocycles. The molecule has 1 saturated heterocycles. The van der Waals surface area contributed by atoms with Crippen LogP contribution in [0.5, 0.6) is 0 Å². The minimum Gasteiger partial charge on any atom is -0.354 e. The van der Waals surface area contributed by atoms with E-state index in [0.717, 1.165) is 24.7 Å². The van der Waals surface area contributed by atoms with Gasteiger partial charge >= 0.3 is 6.18 Å². The first kappa shape index (κ1) is 18.4. The zero-order valence-electron chi connectivity index (χ0n) is 14.5. The van der Waals surface area contributed by atoms with E-state index in [2.05, 4.69) is 9.88 Å². The summed E-state index contributed by atoms with van der Waals surface area (Å²) >= 11 is 0. The molecule has 0 N–H and O–H groups in total. The number of ketones is 1. The minimum atomic E-state index is -4.43. The van der Waals surface area contributed by atoms with E-state index in [1.165, 1.54) is 6.07 Å². The van der Waals surface area contributed by atoms with E-state index < -0.39 is 11.9 Å². The second-order valence-corrected chi connectivity index (χ2v) is 6.40. The van der Waals surface area contributed by atoms with Crippen LogP contribution < -0.4 is 4.90 Å². The molecule has 7 heteroatoms. The predicted octanol–water partition coefficient (Wildman–Crippen LogP) is 3.63. The van der Waals surface area contributed by atoms with E-state index in [1.54, 1.807) is 19.1 Å². The zero-order chi connectivity index (χ0) is 18.7. The van der Waals surface area contributed by atoms with Gasteiger partial charge in [-0.05, 0) is 30.7 Å². The SMILES string of the molecule is CC(=O)c1cccc(CN2CCN(c3cccc(C(F)(F)F)n3)CC2)c1. The van der Waals surface area contributed by atoms with Gasteiger partial charge in [-0.2, -0.15) is 13.2 Å². The van der Waals surface area contributed by atoms with Crippen LogP contribution in [0.3, 0.4) is 0 Å². The van der Waals surface area contributed by atoms with Gasteiger partial charge in [-0.25, -0.2) is 4.98 Å². The Balaban J connectivity index is 1.61. The van der Waals surface area contributed by atoms with Gasteiger partial charge in [0, 0.05) is 38.3 Å². The average Bonchev–Trinajstić information content (AvgIpc) is 2.62. The first-order valence-electron chi connectivity index (χ1n) is 8.44. The van der Waals surface area contributed by atoms with E-state index in [4.69, 9.17) is 0 Å². The van der Waals surface area contributed by atoms with Crippen molar-refractivity contribution in [1.29, 1.82) is 0 Å². The molecule has 1 fully saturated rings. The minimum absolute atomic E-state index is 0.0345. The summed E-state index contributed by atoms with van der Waals surface area (Å²) in [5, 5.41) is 0. The highest BCUT2D eigenvalue weighted by Gasteiger charge is 2.33. The molecule has 2 aromatic rings. The second-order valence-electron chi connectivity index (χ2n) is 6.40. The second kappa shape index (κ2) is 7.45. The molecule has 0 bridgehead atoms. The van der Waals surface area contributed by atoms with Crippen LogP contribution in [0, 0.1) is 0 Å². The number of benzene rings is 1. The number of pyridine rings is 1. The van der Waals surface area contributed by atoms with Gasteiger partial charge in [-0.3, -0.25) is 9.69 Å². The molecule has 26 heavy (non-hydrogen) atoms. The lowest BCUT2D eigenvalue weighted by atomic mass is 10.1. The lowest BCUT2D eigenvalue weighted by molar-refractivity contribution is -0.141. The first-order valence-corrected chi connectivity index (χ1v) is 8.44. The molecule has 0 saturated carbocycles. The van der Waals surface area contributed by atoms with Crippen molar-refractivity contribution in [2.75, 3.05) is 31.1 Å². The van der Waals surface area contributed by atoms with Gasteiger partial charge in [-0.15, -0.1) is 0 Å². The van der Waals surface area contributed by atoms with E-state index in [1.807, 2.05) is 23.1 Å². The summed E-state index contributed by atoms with van der Waals surface area (Å²) < 4.78 is 38.4. The average molecular weight is 363 g/mol. The number of carbonyl (C=O) groups is 1. The van der Waals surface area contributed by atoms with E-state index in [0.29, 0.717) is 31.0 Å². The predicted molar refractivity (Wildman–Crippen MR) is 93.2 cm³/mol. The third kappa shape index (κ3) is 4.40. The van der Waals surface area contributed by atoms with Crippen molar-refractivity contribution >= 4 is 11.6 Å². The zero-order valence-corrected chi connectivity index (χ0v) is 14.5. The van der Waals surface area contributed by atoms with Crippen LogP contribution in [0.25, 0.3) is 0 Å². The molecule has 1 aliphatic rings. The molecule has 0 unspecified atom stereocenters. The van der Waals surface area contributed by atoms with Gasteiger partial charge in [-0.1, -0.05) is 24.3 Å². The Hall–Kier alpha value is -2.41. The van der Waals surface area contributed by atoms with Crippen LogP contribution in [-0.4, -0.2) is 41.8 Å². The van der Waals surface area contributed by atoms with Crippen molar-refractivity contribution in [3.8, 4) is 0 Å². The number of nitrogens with zero attached hydrogens (tertiary/aromatic N) is 3. The third-order valence-electron chi connectivity index (χ3n) is 4.46. The molecular weight excluding hydrogens is 343 g/mol. The number of carbonyl (C=O) groups excluding carboxylic acids is 1. The molecule has 0 radical (unpaired) electrons. The van der Waals surface area contributed by atoms with Crippen LogP contribution in [-0.2, 0) is 12.7 Å². The molecule has 0 amide bonds. The number of hydrogen-bond acceptors (Lipinski definition) is 4. The fourth-order valence-electron chi connectivity index (χ4n) is 3.04. The lowest BCUT2D eigenvalue weighted by Gasteiger charge is -2.35.